The number of halogens is 1. The van der Waals surface area contributed by atoms with Crippen LogP contribution < -0.4 is 0 Å². The van der Waals surface area contributed by atoms with E-state index < -0.39 is 11.9 Å². The summed E-state index contributed by atoms with van der Waals surface area (Å²) < 4.78 is 25.2. The highest BCUT2D eigenvalue weighted by Crippen LogP contribution is 2.32. The number of aliphatic carboxylic acids is 2. The van der Waals surface area contributed by atoms with Crippen molar-refractivity contribution in [2.24, 2.45) is 0 Å². The van der Waals surface area contributed by atoms with E-state index in [2.05, 4.69) is 23.7 Å². The summed E-state index contributed by atoms with van der Waals surface area (Å²) in [5.41, 5.74) is 1.84. The zero-order chi connectivity index (χ0) is 28.6. The average Bonchev–Trinajstić information content (AvgIpc) is 3.41. The molecule has 1 aromatic carbocycles. The summed E-state index contributed by atoms with van der Waals surface area (Å²) in [6.07, 6.45) is 4.85. The number of carbonyl (C=O) groups excluding carboxylic acids is 1. The molecule has 1 spiro atoms. The number of morpholine rings is 1. The molecule has 0 aliphatic carbocycles. The zero-order valence-electron chi connectivity index (χ0n) is 22.3. The number of carbonyl (C=O) groups is 3. The number of thiazole rings is 1. The quantitative estimate of drug-likeness (QED) is 0.399. The molecule has 0 atom stereocenters. The van der Waals surface area contributed by atoms with Gasteiger partial charge in [0.2, 0.25) is 0 Å². The average molecular weight is 564 g/mol. The normalized spacial score (nSPS) is 17.2. The van der Waals surface area contributed by atoms with Crippen LogP contribution in [0, 0.1) is 5.82 Å². The molecule has 2 N–H and O–H groups in total. The van der Waals surface area contributed by atoms with Crippen molar-refractivity contribution in [2.45, 2.75) is 44.8 Å². The molecule has 2 saturated heterocycles. The monoisotopic (exact) mass is 563 g/mol. The maximum Gasteiger partial charge on any atom is 0.414 e. The van der Waals surface area contributed by atoms with Crippen molar-refractivity contribution in [2.75, 3.05) is 39.9 Å². The summed E-state index contributed by atoms with van der Waals surface area (Å²) in [7, 11) is 1.55. The Labute approximate surface area is 230 Å². The molecule has 4 rings (SSSR count). The van der Waals surface area contributed by atoms with Crippen molar-refractivity contribution < 1.29 is 38.5 Å². The van der Waals surface area contributed by atoms with Gasteiger partial charge in [-0.2, -0.15) is 0 Å². The van der Waals surface area contributed by atoms with Crippen molar-refractivity contribution >= 4 is 35.3 Å². The van der Waals surface area contributed by atoms with Crippen LogP contribution in [0.4, 0.5) is 4.39 Å². The van der Waals surface area contributed by atoms with E-state index >= 15 is 0 Å². The van der Waals surface area contributed by atoms with Crippen LogP contribution in [0.15, 0.2) is 29.8 Å². The van der Waals surface area contributed by atoms with Gasteiger partial charge in [0.05, 0.1) is 37.1 Å². The van der Waals surface area contributed by atoms with E-state index in [-0.39, 0.29) is 17.3 Å². The summed E-state index contributed by atoms with van der Waals surface area (Å²) in [4.78, 5) is 40.1. The van der Waals surface area contributed by atoms with Crippen molar-refractivity contribution in [3.63, 3.8) is 0 Å². The molecule has 0 radical (unpaired) electrons. The lowest BCUT2D eigenvalue weighted by molar-refractivity contribution is -0.159. The van der Waals surface area contributed by atoms with Gasteiger partial charge in [-0.1, -0.05) is 19.9 Å². The Morgan fingerprint density at radius 3 is 2.49 bits per heavy atom. The Morgan fingerprint density at radius 2 is 1.90 bits per heavy atom. The molecule has 0 saturated carbocycles. The first kappa shape index (κ1) is 30.2. The highest BCUT2D eigenvalue weighted by Gasteiger charge is 2.41. The number of piperidine rings is 1. The first-order chi connectivity index (χ1) is 18.5. The van der Waals surface area contributed by atoms with Crippen molar-refractivity contribution in [3.8, 4) is 0 Å². The van der Waals surface area contributed by atoms with Gasteiger partial charge in [0.15, 0.2) is 0 Å². The third-order valence-electron chi connectivity index (χ3n) is 6.57. The molecule has 2 aliphatic heterocycles. The Hall–Kier alpha value is -3.35. The molecule has 1 amide bonds. The number of ether oxygens (including phenoxy) is 2. The van der Waals surface area contributed by atoms with Crippen LogP contribution in [0.2, 0.25) is 0 Å². The third-order valence-corrected chi connectivity index (χ3v) is 7.72. The van der Waals surface area contributed by atoms with E-state index in [9.17, 15) is 9.18 Å². The highest BCUT2D eigenvalue weighted by molar-refractivity contribution is 7.09. The lowest BCUT2D eigenvalue weighted by atomic mass is 9.89. The molecule has 0 unspecified atom stereocenters. The van der Waals surface area contributed by atoms with Crippen LogP contribution >= 0.6 is 11.3 Å². The second kappa shape index (κ2) is 13.6. The second-order valence-corrected chi connectivity index (χ2v) is 10.7. The summed E-state index contributed by atoms with van der Waals surface area (Å²) in [5.74, 6) is -3.58. The number of nitrogens with zero attached hydrogens (tertiary/aromatic N) is 3. The number of amides is 1. The fourth-order valence-electron chi connectivity index (χ4n) is 4.47. The third kappa shape index (κ3) is 8.32. The topological polar surface area (TPSA) is 130 Å². The van der Waals surface area contributed by atoms with Gasteiger partial charge in [-0.25, -0.2) is 19.0 Å². The number of carboxylic acid groups (broad SMARTS) is 2. The van der Waals surface area contributed by atoms with Crippen molar-refractivity contribution in [1.82, 2.24) is 14.8 Å². The molecule has 12 heteroatoms. The number of carboxylic acids is 2. The number of methoxy groups -OCH3 is 1. The fraction of sp³-hybridized carbons (Fsp3) is 0.481. The molecule has 1 aromatic heterocycles. The Morgan fingerprint density at radius 1 is 1.21 bits per heavy atom. The summed E-state index contributed by atoms with van der Waals surface area (Å²) in [6, 6.07) is 5.21. The first-order valence-electron chi connectivity index (χ1n) is 12.6. The Balaban J connectivity index is 0.000000631. The molecule has 3 heterocycles. The number of rotatable bonds is 6. The predicted octanol–water partition coefficient (Wildman–Crippen LogP) is 3.69. The van der Waals surface area contributed by atoms with Crippen LogP contribution in [0.3, 0.4) is 0 Å². The van der Waals surface area contributed by atoms with E-state index in [1.807, 2.05) is 22.4 Å². The van der Waals surface area contributed by atoms with Gasteiger partial charge in [0.25, 0.3) is 5.91 Å². The smallest absolute Gasteiger partial charge is 0.414 e. The lowest BCUT2D eigenvalue weighted by Crippen LogP contribution is -2.58. The predicted molar refractivity (Wildman–Crippen MR) is 143 cm³/mol. The van der Waals surface area contributed by atoms with Crippen molar-refractivity contribution in [3.05, 3.63) is 57.5 Å². The fourth-order valence-corrected chi connectivity index (χ4v) is 5.28. The molecule has 2 fully saturated rings. The molecular formula is C27H34FN3O7S. The molecule has 212 valence electrons. The molecule has 2 aliphatic rings. The molecular weight excluding hydrogens is 529 g/mol. The van der Waals surface area contributed by atoms with Crippen LogP contribution in [0.1, 0.15) is 59.2 Å². The lowest BCUT2D eigenvalue weighted by Gasteiger charge is -2.47. The van der Waals surface area contributed by atoms with Crippen LogP contribution in [0.5, 0.6) is 0 Å². The minimum Gasteiger partial charge on any atom is -0.504 e. The van der Waals surface area contributed by atoms with Crippen molar-refractivity contribution in [1.29, 1.82) is 0 Å². The van der Waals surface area contributed by atoms with E-state index in [1.54, 1.807) is 24.5 Å². The van der Waals surface area contributed by atoms with Gasteiger partial charge in [-0.15, -0.1) is 11.3 Å². The Bertz CT molecular complexity index is 1180. The van der Waals surface area contributed by atoms with E-state index in [0.29, 0.717) is 36.9 Å². The summed E-state index contributed by atoms with van der Waals surface area (Å²) in [5, 5.41) is 17.7. The highest BCUT2D eigenvalue weighted by atomic mass is 32.1. The van der Waals surface area contributed by atoms with Crippen LogP contribution in [-0.4, -0.2) is 88.3 Å². The minimum atomic E-state index is -1.82. The number of benzene rings is 1. The maximum atomic E-state index is 14.0. The summed E-state index contributed by atoms with van der Waals surface area (Å²) in [6.45, 7) is 8.45. The van der Waals surface area contributed by atoms with Gasteiger partial charge in [0.1, 0.15) is 11.5 Å². The van der Waals surface area contributed by atoms with E-state index in [1.165, 1.54) is 12.3 Å². The molecule has 0 bridgehead atoms. The number of hydrogen-bond acceptors (Lipinski definition) is 8. The van der Waals surface area contributed by atoms with E-state index in [4.69, 9.17) is 29.3 Å². The molecule has 39 heavy (non-hydrogen) atoms. The molecule has 2 aromatic rings. The standard InChI is InChI=1S/C25H32FN3O3S.C2H2O4/c1-18(2)23-27-22(16-33-23)24(30)29-11-13-32-25(17-29)7-9-28(10-8-25)15-19-4-5-21(26)20(14-19)6-12-31-3;3-1(4)2(5)6/h4-6,12,14,16,18H,7-11,13,15,17H2,1-3H3;(H,3,4)(H,5,6)/b12-6+;. The van der Waals surface area contributed by atoms with Gasteiger partial charge >= 0.3 is 11.9 Å². The van der Waals surface area contributed by atoms with Gasteiger partial charge in [0, 0.05) is 43.0 Å². The number of hydrogen-bond donors (Lipinski definition) is 2. The molecule has 10 nitrogen and oxygen atoms in total. The largest absolute Gasteiger partial charge is 0.504 e. The SMILES string of the molecule is CO/C=C/c1cc(CN2CCC3(CC2)CN(C(=O)c2csc(C(C)C)n2)CCO3)ccc1F.O=C(O)C(=O)O. The zero-order valence-corrected chi connectivity index (χ0v) is 23.1. The van der Waals surface area contributed by atoms with Crippen LogP contribution in [0.25, 0.3) is 6.08 Å². The maximum absolute atomic E-state index is 14.0. The van der Waals surface area contributed by atoms with Gasteiger partial charge < -0.3 is 24.6 Å². The van der Waals surface area contributed by atoms with Crippen LogP contribution in [-0.2, 0) is 25.6 Å². The van der Waals surface area contributed by atoms with E-state index in [0.717, 1.165) is 43.0 Å². The summed E-state index contributed by atoms with van der Waals surface area (Å²) >= 11 is 1.55. The minimum absolute atomic E-state index is 0.00575. The van der Waals surface area contributed by atoms with Gasteiger partial charge in [-0.3, -0.25) is 9.69 Å². The number of aromatic nitrogens is 1. The van der Waals surface area contributed by atoms with Gasteiger partial charge in [-0.05, 0) is 36.6 Å². The first-order valence-corrected chi connectivity index (χ1v) is 13.5. The number of likely N-dealkylation sites (tertiary alicyclic amines) is 1. The second-order valence-electron chi connectivity index (χ2n) is 9.76. The Kier molecular flexibility index (Phi) is 10.6.